The van der Waals surface area contributed by atoms with Crippen molar-refractivity contribution in [3.8, 4) is 0 Å². The second-order valence-corrected chi connectivity index (χ2v) is 10.4. The molecule has 0 aliphatic heterocycles. The number of ether oxygens (including phenoxy) is 2. The lowest BCUT2D eigenvalue weighted by Gasteiger charge is -2.14. The van der Waals surface area contributed by atoms with Crippen LogP contribution < -0.4 is 5.32 Å². The van der Waals surface area contributed by atoms with E-state index in [4.69, 9.17) is 9.47 Å². The van der Waals surface area contributed by atoms with Crippen molar-refractivity contribution in [3.63, 3.8) is 0 Å². The van der Waals surface area contributed by atoms with Crippen LogP contribution in [0.2, 0.25) is 0 Å². The van der Waals surface area contributed by atoms with Gasteiger partial charge in [0.1, 0.15) is 0 Å². The van der Waals surface area contributed by atoms with Crippen molar-refractivity contribution in [2.45, 2.75) is 168 Å². The molecule has 2 atom stereocenters. The van der Waals surface area contributed by atoms with Gasteiger partial charge in [-0.1, -0.05) is 104 Å². The third-order valence-corrected chi connectivity index (χ3v) is 6.61. The topological polar surface area (TPSA) is 64.6 Å². The maximum atomic E-state index is 12.0. The van der Waals surface area contributed by atoms with Gasteiger partial charge in [-0.15, -0.1) is 0 Å². The Labute approximate surface area is 217 Å². The van der Waals surface area contributed by atoms with E-state index in [1.807, 2.05) is 13.8 Å². The Bertz CT molecular complexity index is 441. The van der Waals surface area contributed by atoms with E-state index in [9.17, 15) is 9.59 Å². The molecule has 0 radical (unpaired) electrons. The summed E-state index contributed by atoms with van der Waals surface area (Å²) in [6.45, 7) is 9.52. The van der Waals surface area contributed by atoms with Crippen molar-refractivity contribution in [2.75, 3.05) is 13.1 Å². The Balaban J connectivity index is 3.53. The molecule has 1 N–H and O–H groups in total. The van der Waals surface area contributed by atoms with Gasteiger partial charge in [0.05, 0.1) is 25.0 Å². The zero-order valence-electron chi connectivity index (χ0n) is 23.8. The minimum absolute atomic E-state index is 0.0138. The molecule has 0 fully saturated rings. The summed E-state index contributed by atoms with van der Waals surface area (Å²) in [5.41, 5.74) is 0. The Hall–Kier alpha value is -1.10. The van der Waals surface area contributed by atoms with E-state index in [-0.39, 0.29) is 24.1 Å². The van der Waals surface area contributed by atoms with Crippen LogP contribution >= 0.6 is 0 Å². The monoisotopic (exact) mass is 497 g/mol. The second kappa shape index (κ2) is 26.0. The van der Waals surface area contributed by atoms with Crippen LogP contribution in [0.15, 0.2) is 0 Å². The van der Waals surface area contributed by atoms with Crippen molar-refractivity contribution in [2.24, 2.45) is 0 Å². The van der Waals surface area contributed by atoms with Crippen LogP contribution in [0, 0.1) is 0 Å². The Morgan fingerprint density at radius 1 is 0.543 bits per heavy atom. The van der Waals surface area contributed by atoms with Crippen molar-refractivity contribution >= 4 is 11.9 Å². The maximum Gasteiger partial charge on any atom is 0.307 e. The highest BCUT2D eigenvalue weighted by molar-refractivity contribution is 5.70. The van der Waals surface area contributed by atoms with Crippen molar-refractivity contribution in [1.82, 2.24) is 5.32 Å². The molecule has 5 nitrogen and oxygen atoms in total. The van der Waals surface area contributed by atoms with Crippen LogP contribution in [0.5, 0.6) is 0 Å². The average molecular weight is 498 g/mol. The summed E-state index contributed by atoms with van der Waals surface area (Å²) in [5, 5.41) is 3.15. The number of carbonyl (C=O) groups is 2. The van der Waals surface area contributed by atoms with Gasteiger partial charge >= 0.3 is 11.9 Å². The molecule has 0 aromatic heterocycles. The molecule has 0 aromatic carbocycles. The zero-order valence-corrected chi connectivity index (χ0v) is 23.8. The number of rotatable bonds is 26. The molecule has 0 rings (SSSR count). The van der Waals surface area contributed by atoms with Crippen molar-refractivity contribution in [1.29, 1.82) is 0 Å². The van der Waals surface area contributed by atoms with Gasteiger partial charge in [-0.2, -0.15) is 0 Å². The van der Waals surface area contributed by atoms with Crippen LogP contribution in [0.1, 0.15) is 156 Å². The average Bonchev–Trinajstić information content (AvgIpc) is 2.82. The lowest BCUT2D eigenvalue weighted by atomic mass is 10.1. The molecular weight excluding hydrogens is 438 g/mol. The first-order valence-corrected chi connectivity index (χ1v) is 15.1. The minimum atomic E-state index is -0.161. The summed E-state index contributed by atoms with van der Waals surface area (Å²) in [4.78, 5) is 24.0. The summed E-state index contributed by atoms with van der Waals surface area (Å²) < 4.78 is 11.0. The molecule has 5 heteroatoms. The first-order valence-electron chi connectivity index (χ1n) is 15.1. The third-order valence-electron chi connectivity index (χ3n) is 6.61. The number of unbranched alkanes of at least 4 members (excludes halogenated alkanes) is 14. The van der Waals surface area contributed by atoms with E-state index in [0.29, 0.717) is 25.9 Å². The number of carbonyl (C=O) groups excluding carboxylic acids is 2. The van der Waals surface area contributed by atoms with Crippen molar-refractivity contribution < 1.29 is 19.1 Å². The number of hydrogen-bond donors (Lipinski definition) is 1. The van der Waals surface area contributed by atoms with E-state index in [1.54, 1.807) is 0 Å². The molecule has 0 aliphatic carbocycles. The molecule has 0 saturated carbocycles. The maximum absolute atomic E-state index is 12.0. The second-order valence-electron chi connectivity index (χ2n) is 10.4. The van der Waals surface area contributed by atoms with E-state index in [1.165, 1.54) is 89.9 Å². The summed E-state index contributed by atoms with van der Waals surface area (Å²) in [7, 11) is 0. The van der Waals surface area contributed by atoms with E-state index in [0.717, 1.165) is 25.7 Å². The van der Waals surface area contributed by atoms with Crippen LogP contribution in [-0.2, 0) is 19.1 Å². The Morgan fingerprint density at radius 3 is 1.20 bits per heavy atom. The number of hydrogen-bond acceptors (Lipinski definition) is 5. The predicted molar refractivity (Wildman–Crippen MR) is 148 cm³/mol. The van der Waals surface area contributed by atoms with Gasteiger partial charge in [-0.05, 0) is 39.5 Å². The van der Waals surface area contributed by atoms with Crippen LogP contribution in [0.25, 0.3) is 0 Å². The minimum Gasteiger partial charge on any atom is -0.463 e. The first-order chi connectivity index (χ1) is 17.0. The van der Waals surface area contributed by atoms with Crippen molar-refractivity contribution in [3.05, 3.63) is 0 Å². The highest BCUT2D eigenvalue weighted by atomic mass is 16.5. The van der Waals surface area contributed by atoms with Crippen LogP contribution in [0.4, 0.5) is 0 Å². The highest BCUT2D eigenvalue weighted by Gasteiger charge is 2.11. The van der Waals surface area contributed by atoms with Gasteiger partial charge in [0, 0.05) is 13.1 Å². The van der Waals surface area contributed by atoms with Gasteiger partial charge in [0.2, 0.25) is 0 Å². The van der Waals surface area contributed by atoms with Gasteiger partial charge in [-0.3, -0.25) is 9.59 Å². The molecule has 0 aliphatic rings. The molecule has 0 saturated heterocycles. The molecule has 0 bridgehead atoms. The summed E-state index contributed by atoms with van der Waals surface area (Å²) in [6.07, 6.45) is 23.2. The molecule has 0 heterocycles. The van der Waals surface area contributed by atoms with Gasteiger partial charge in [-0.25, -0.2) is 0 Å². The first kappa shape index (κ1) is 33.9. The van der Waals surface area contributed by atoms with E-state index < -0.39 is 0 Å². The fourth-order valence-electron chi connectivity index (χ4n) is 4.32. The predicted octanol–water partition coefficient (Wildman–Crippen LogP) is 8.28. The smallest absolute Gasteiger partial charge is 0.307 e. The Kier molecular flexibility index (Phi) is 25.2. The standard InChI is InChI=1S/C30H59NO4/c1-5-7-9-11-13-15-17-19-21-27(3)34-29(32)23-25-31-26-24-30(33)35-28(4)22-20-18-16-14-12-10-8-6-2/h27-28,31H,5-26H2,1-4H3. The van der Waals surface area contributed by atoms with Crippen LogP contribution in [-0.4, -0.2) is 37.2 Å². The fraction of sp³-hybridized carbons (Fsp3) is 0.933. The van der Waals surface area contributed by atoms with E-state index >= 15 is 0 Å². The molecule has 0 spiro atoms. The van der Waals surface area contributed by atoms with Gasteiger partial charge < -0.3 is 14.8 Å². The van der Waals surface area contributed by atoms with E-state index in [2.05, 4.69) is 19.2 Å². The molecule has 35 heavy (non-hydrogen) atoms. The molecular formula is C30H59NO4. The lowest BCUT2D eigenvalue weighted by molar-refractivity contribution is -0.148. The summed E-state index contributed by atoms with van der Waals surface area (Å²) in [5.74, 6) is -0.322. The normalized spacial score (nSPS) is 12.9. The highest BCUT2D eigenvalue weighted by Crippen LogP contribution is 2.13. The van der Waals surface area contributed by atoms with Gasteiger partial charge in [0.15, 0.2) is 0 Å². The third kappa shape index (κ3) is 25.8. The summed E-state index contributed by atoms with van der Waals surface area (Å²) >= 11 is 0. The van der Waals surface area contributed by atoms with Gasteiger partial charge in [0.25, 0.3) is 0 Å². The van der Waals surface area contributed by atoms with Crippen LogP contribution in [0.3, 0.4) is 0 Å². The lowest BCUT2D eigenvalue weighted by Crippen LogP contribution is -2.25. The zero-order chi connectivity index (χ0) is 26.0. The molecule has 0 amide bonds. The molecule has 0 aromatic rings. The number of esters is 2. The largest absolute Gasteiger partial charge is 0.463 e. The molecule has 2 unspecified atom stereocenters. The quantitative estimate of drug-likeness (QED) is 0.0962. The number of nitrogens with one attached hydrogen (secondary N) is 1. The summed E-state index contributed by atoms with van der Waals surface area (Å²) in [6, 6.07) is 0. The molecule has 208 valence electrons. The fourth-order valence-corrected chi connectivity index (χ4v) is 4.32. The SMILES string of the molecule is CCCCCCCCCCC(C)OC(=O)CCNCCC(=O)OC(C)CCCCCCCCCC. The Morgan fingerprint density at radius 2 is 0.857 bits per heavy atom.